The molecule has 2 rings (SSSR count). The number of likely N-dealkylation sites (tertiary alicyclic amines) is 1. The number of piperidine rings is 1. The number of rotatable bonds is 8. The molecule has 23 heavy (non-hydrogen) atoms. The zero-order chi connectivity index (χ0) is 16.5. The third kappa shape index (κ3) is 7.17. The van der Waals surface area contributed by atoms with Crippen LogP contribution in [-0.2, 0) is 17.6 Å². The Bertz CT molecular complexity index is 461. The Morgan fingerprint density at radius 1 is 1.09 bits per heavy atom. The van der Waals surface area contributed by atoms with Crippen molar-refractivity contribution in [1.82, 2.24) is 10.2 Å². The molecule has 0 bridgehead atoms. The van der Waals surface area contributed by atoms with Crippen LogP contribution >= 0.6 is 0 Å². The average Bonchev–Trinajstić information content (AvgIpc) is 2.54. The van der Waals surface area contributed by atoms with Crippen molar-refractivity contribution in [2.45, 2.75) is 52.4 Å². The van der Waals surface area contributed by atoms with Gasteiger partial charge >= 0.3 is 0 Å². The maximum atomic E-state index is 12.0. The molecular formula is C20H32N2O. The highest BCUT2D eigenvalue weighted by Gasteiger charge is 2.09. The van der Waals surface area contributed by atoms with Gasteiger partial charge in [0.1, 0.15) is 0 Å². The van der Waals surface area contributed by atoms with Gasteiger partial charge in [0, 0.05) is 6.54 Å². The maximum absolute atomic E-state index is 12.0. The van der Waals surface area contributed by atoms with E-state index in [0.717, 1.165) is 31.5 Å². The lowest BCUT2D eigenvalue weighted by Gasteiger charge is -2.26. The van der Waals surface area contributed by atoms with Crippen molar-refractivity contribution in [1.29, 1.82) is 0 Å². The number of amides is 1. The molecule has 1 N–H and O–H groups in total. The molecule has 1 saturated heterocycles. The van der Waals surface area contributed by atoms with Crippen LogP contribution in [0.4, 0.5) is 0 Å². The van der Waals surface area contributed by atoms with Gasteiger partial charge in [-0.15, -0.1) is 0 Å². The van der Waals surface area contributed by atoms with Gasteiger partial charge in [0.15, 0.2) is 0 Å². The highest BCUT2D eigenvalue weighted by atomic mass is 16.1. The number of nitrogens with zero attached hydrogens (tertiary/aromatic N) is 1. The average molecular weight is 316 g/mol. The largest absolute Gasteiger partial charge is 0.356 e. The fourth-order valence-electron chi connectivity index (χ4n) is 3.23. The number of nitrogens with one attached hydrogen (secondary N) is 1. The molecule has 0 atom stereocenters. The van der Waals surface area contributed by atoms with Crippen LogP contribution in [-0.4, -0.2) is 37.0 Å². The minimum Gasteiger partial charge on any atom is -0.356 e. The molecule has 1 aromatic rings. The Balaban J connectivity index is 1.62. The highest BCUT2D eigenvalue weighted by molar-refractivity contribution is 5.78. The molecule has 128 valence electrons. The first-order chi connectivity index (χ1) is 11.1. The van der Waals surface area contributed by atoms with Crippen molar-refractivity contribution in [3.8, 4) is 0 Å². The summed E-state index contributed by atoms with van der Waals surface area (Å²) >= 11 is 0. The first-order valence-electron chi connectivity index (χ1n) is 9.20. The van der Waals surface area contributed by atoms with Crippen molar-refractivity contribution in [2.75, 3.05) is 26.2 Å². The number of benzene rings is 1. The lowest BCUT2D eigenvalue weighted by molar-refractivity contribution is -0.120. The summed E-state index contributed by atoms with van der Waals surface area (Å²) in [6.07, 6.45) is 6.69. The lowest BCUT2D eigenvalue weighted by atomic mass is 10.0. The van der Waals surface area contributed by atoms with E-state index in [9.17, 15) is 4.79 Å². The van der Waals surface area contributed by atoms with Gasteiger partial charge in [0.2, 0.25) is 5.91 Å². The third-order valence-corrected chi connectivity index (χ3v) is 4.45. The molecule has 0 spiro atoms. The van der Waals surface area contributed by atoms with Gasteiger partial charge in [-0.25, -0.2) is 0 Å². The van der Waals surface area contributed by atoms with E-state index in [2.05, 4.69) is 48.3 Å². The molecule has 1 heterocycles. The predicted octanol–water partition coefficient (Wildman–Crippen LogP) is 3.42. The van der Waals surface area contributed by atoms with E-state index < -0.39 is 0 Å². The van der Waals surface area contributed by atoms with Crippen molar-refractivity contribution in [3.63, 3.8) is 0 Å². The first-order valence-corrected chi connectivity index (χ1v) is 9.20. The second-order valence-corrected chi connectivity index (χ2v) is 7.20. The van der Waals surface area contributed by atoms with Crippen LogP contribution in [0.25, 0.3) is 0 Å². The first kappa shape index (κ1) is 18.0. The molecule has 0 saturated carbocycles. The summed E-state index contributed by atoms with van der Waals surface area (Å²) in [5.74, 6) is 0.810. The summed E-state index contributed by atoms with van der Waals surface area (Å²) in [5.41, 5.74) is 2.46. The maximum Gasteiger partial charge on any atom is 0.224 e. The second kappa shape index (κ2) is 9.71. The molecule has 1 fully saturated rings. The molecule has 1 aromatic carbocycles. The summed E-state index contributed by atoms with van der Waals surface area (Å²) in [5, 5.41) is 3.05. The van der Waals surface area contributed by atoms with E-state index in [0.29, 0.717) is 12.3 Å². The molecular weight excluding hydrogens is 284 g/mol. The van der Waals surface area contributed by atoms with Gasteiger partial charge < -0.3 is 10.2 Å². The molecule has 3 nitrogen and oxygen atoms in total. The van der Waals surface area contributed by atoms with Gasteiger partial charge in [-0.3, -0.25) is 4.79 Å². The van der Waals surface area contributed by atoms with Crippen LogP contribution < -0.4 is 5.32 Å². The van der Waals surface area contributed by atoms with Gasteiger partial charge in [-0.1, -0.05) is 44.5 Å². The number of hydrogen-bond donors (Lipinski definition) is 1. The zero-order valence-corrected chi connectivity index (χ0v) is 14.8. The zero-order valence-electron chi connectivity index (χ0n) is 14.8. The summed E-state index contributed by atoms with van der Waals surface area (Å²) < 4.78 is 0. The van der Waals surface area contributed by atoms with Crippen LogP contribution in [0, 0.1) is 5.92 Å². The topological polar surface area (TPSA) is 32.3 Å². The monoisotopic (exact) mass is 316 g/mol. The second-order valence-electron chi connectivity index (χ2n) is 7.20. The molecule has 0 aliphatic carbocycles. The molecule has 0 radical (unpaired) electrons. The van der Waals surface area contributed by atoms with Gasteiger partial charge in [-0.2, -0.15) is 0 Å². The van der Waals surface area contributed by atoms with E-state index in [1.54, 1.807) is 0 Å². The van der Waals surface area contributed by atoms with Crippen molar-refractivity contribution < 1.29 is 4.79 Å². The predicted molar refractivity (Wildman–Crippen MR) is 96.6 cm³/mol. The Hall–Kier alpha value is -1.35. The molecule has 1 aliphatic heterocycles. The standard InChI is InChI=1S/C20H32N2O/c1-17(2)15-18-7-9-19(10-8-18)16-20(23)21-11-6-14-22-12-4-3-5-13-22/h7-10,17H,3-6,11-16H2,1-2H3,(H,21,23). The van der Waals surface area contributed by atoms with Crippen LogP contribution in [0.3, 0.4) is 0 Å². The van der Waals surface area contributed by atoms with E-state index in [1.807, 2.05) is 0 Å². The number of carbonyl (C=O) groups is 1. The van der Waals surface area contributed by atoms with E-state index >= 15 is 0 Å². The van der Waals surface area contributed by atoms with Crippen LogP contribution in [0.2, 0.25) is 0 Å². The van der Waals surface area contributed by atoms with E-state index in [1.165, 1.54) is 37.9 Å². The quantitative estimate of drug-likeness (QED) is 0.745. The molecule has 1 aliphatic rings. The minimum absolute atomic E-state index is 0.139. The van der Waals surface area contributed by atoms with Gasteiger partial charge in [-0.05, 0) is 62.4 Å². The Kier molecular flexibility index (Phi) is 7.60. The SMILES string of the molecule is CC(C)Cc1ccc(CC(=O)NCCCN2CCCCC2)cc1. The lowest BCUT2D eigenvalue weighted by Crippen LogP contribution is -2.33. The summed E-state index contributed by atoms with van der Waals surface area (Å²) in [6, 6.07) is 8.48. The molecule has 0 unspecified atom stereocenters. The van der Waals surface area contributed by atoms with E-state index in [4.69, 9.17) is 0 Å². The van der Waals surface area contributed by atoms with Crippen LogP contribution in [0.5, 0.6) is 0 Å². The number of hydrogen-bond acceptors (Lipinski definition) is 2. The third-order valence-electron chi connectivity index (χ3n) is 4.45. The summed E-state index contributed by atoms with van der Waals surface area (Å²) in [7, 11) is 0. The smallest absolute Gasteiger partial charge is 0.224 e. The molecule has 0 aromatic heterocycles. The fourth-order valence-corrected chi connectivity index (χ4v) is 3.23. The van der Waals surface area contributed by atoms with E-state index in [-0.39, 0.29) is 5.91 Å². The van der Waals surface area contributed by atoms with Gasteiger partial charge in [0.25, 0.3) is 0 Å². The molecule has 3 heteroatoms. The normalized spacial score (nSPS) is 15.8. The molecule has 1 amide bonds. The Labute approximate surface area is 141 Å². The fraction of sp³-hybridized carbons (Fsp3) is 0.650. The van der Waals surface area contributed by atoms with Crippen molar-refractivity contribution in [2.24, 2.45) is 5.92 Å². The minimum atomic E-state index is 0.139. The Morgan fingerprint density at radius 2 is 1.74 bits per heavy atom. The number of carbonyl (C=O) groups excluding carboxylic acids is 1. The summed E-state index contributed by atoms with van der Waals surface area (Å²) in [4.78, 5) is 14.5. The van der Waals surface area contributed by atoms with Crippen molar-refractivity contribution >= 4 is 5.91 Å². The van der Waals surface area contributed by atoms with Crippen LogP contribution in [0.1, 0.15) is 50.7 Å². The van der Waals surface area contributed by atoms with Gasteiger partial charge in [0.05, 0.1) is 6.42 Å². The summed E-state index contributed by atoms with van der Waals surface area (Å²) in [6.45, 7) is 8.83. The Morgan fingerprint density at radius 3 is 2.39 bits per heavy atom. The highest BCUT2D eigenvalue weighted by Crippen LogP contribution is 2.10. The van der Waals surface area contributed by atoms with Crippen LogP contribution in [0.15, 0.2) is 24.3 Å². The van der Waals surface area contributed by atoms with Crippen molar-refractivity contribution in [3.05, 3.63) is 35.4 Å².